The number of aliphatic imine (C=N–C) groups is 1. The summed E-state index contributed by atoms with van der Waals surface area (Å²) in [6.07, 6.45) is 1.68. The fraction of sp³-hybridized carbons (Fsp3) is 0.167. The molecule has 3 rings (SSSR count). The van der Waals surface area contributed by atoms with Crippen LogP contribution in [0, 0.1) is 25.2 Å². The van der Waals surface area contributed by atoms with Gasteiger partial charge in [0, 0.05) is 6.21 Å². The number of fused-ring (bicyclic) bond motifs is 1. The molecule has 1 atom stereocenters. The highest BCUT2D eigenvalue weighted by Gasteiger charge is 2.13. The van der Waals surface area contributed by atoms with E-state index >= 15 is 0 Å². The Morgan fingerprint density at radius 2 is 2.00 bits per heavy atom. The van der Waals surface area contributed by atoms with Gasteiger partial charge in [-0.1, -0.05) is 18.2 Å². The van der Waals surface area contributed by atoms with Crippen LogP contribution in [0.25, 0.3) is 10.2 Å². The Kier molecular flexibility index (Phi) is 3.99. The van der Waals surface area contributed by atoms with Gasteiger partial charge in [0.1, 0.15) is 10.9 Å². The molecule has 0 saturated carbocycles. The number of hydrogen-bond acceptors (Lipinski definition) is 4. The van der Waals surface area contributed by atoms with Gasteiger partial charge in [0.05, 0.1) is 22.0 Å². The lowest BCUT2D eigenvalue weighted by Gasteiger charge is -2.01. The van der Waals surface area contributed by atoms with Gasteiger partial charge in [0.2, 0.25) is 0 Å². The van der Waals surface area contributed by atoms with Crippen LogP contribution in [0.5, 0.6) is 0 Å². The van der Waals surface area contributed by atoms with Crippen molar-refractivity contribution in [2.24, 2.45) is 4.99 Å². The topological polar surface area (TPSA) is 49.0 Å². The average molecular weight is 305 g/mol. The van der Waals surface area contributed by atoms with Gasteiger partial charge in [-0.25, -0.2) is 4.98 Å². The summed E-state index contributed by atoms with van der Waals surface area (Å²) in [6.45, 7) is 4.13. The molecule has 4 heteroatoms. The molecule has 3 nitrogen and oxygen atoms in total. The van der Waals surface area contributed by atoms with Gasteiger partial charge >= 0.3 is 0 Å². The van der Waals surface area contributed by atoms with Gasteiger partial charge in [-0.3, -0.25) is 4.99 Å². The Balaban J connectivity index is 1.89. The van der Waals surface area contributed by atoms with Crippen LogP contribution in [0.1, 0.15) is 22.1 Å². The zero-order chi connectivity index (χ0) is 15.5. The van der Waals surface area contributed by atoms with Crippen molar-refractivity contribution >= 4 is 33.5 Å². The number of para-hydroxylation sites is 1. The first-order chi connectivity index (χ1) is 10.7. The molecule has 0 aliphatic heterocycles. The monoisotopic (exact) mass is 305 g/mol. The summed E-state index contributed by atoms with van der Waals surface area (Å²) >= 11 is 1.55. The third kappa shape index (κ3) is 2.90. The van der Waals surface area contributed by atoms with Crippen molar-refractivity contribution in [1.82, 2.24) is 4.98 Å². The molecular formula is C18H15N3S. The van der Waals surface area contributed by atoms with E-state index in [1.165, 1.54) is 11.1 Å². The number of nitrogens with zero attached hydrogens (tertiary/aromatic N) is 3. The highest BCUT2D eigenvalue weighted by atomic mass is 32.1. The minimum absolute atomic E-state index is 0.418. The lowest BCUT2D eigenvalue weighted by molar-refractivity contribution is 1.13. The van der Waals surface area contributed by atoms with Crippen LogP contribution in [0.3, 0.4) is 0 Å². The molecule has 1 aromatic heterocycles. The number of thiazole rings is 1. The van der Waals surface area contributed by atoms with E-state index < -0.39 is 5.92 Å². The fourth-order valence-corrected chi connectivity index (χ4v) is 3.12. The van der Waals surface area contributed by atoms with Gasteiger partial charge in [-0.05, 0) is 49.2 Å². The summed E-state index contributed by atoms with van der Waals surface area (Å²) < 4.78 is 1.09. The molecule has 108 valence electrons. The second-order valence-corrected chi connectivity index (χ2v) is 6.24. The first kappa shape index (κ1) is 14.4. The Morgan fingerprint density at radius 3 is 2.73 bits per heavy atom. The van der Waals surface area contributed by atoms with Crippen molar-refractivity contribution in [3.63, 3.8) is 0 Å². The Hall–Kier alpha value is -2.51. The third-order valence-corrected chi connectivity index (χ3v) is 4.70. The molecule has 1 heterocycles. The second-order valence-electron chi connectivity index (χ2n) is 5.17. The highest BCUT2D eigenvalue weighted by molar-refractivity contribution is 7.18. The number of aryl methyl sites for hydroxylation is 2. The molecule has 0 aliphatic rings. The number of nitriles is 1. The van der Waals surface area contributed by atoms with Crippen LogP contribution in [-0.2, 0) is 0 Å². The first-order valence-electron chi connectivity index (χ1n) is 7.04. The van der Waals surface area contributed by atoms with E-state index in [2.05, 4.69) is 29.9 Å². The second kappa shape index (κ2) is 6.08. The molecule has 0 saturated heterocycles. The summed E-state index contributed by atoms with van der Waals surface area (Å²) in [5, 5.41) is 10.2. The molecule has 2 aromatic carbocycles. The summed E-state index contributed by atoms with van der Waals surface area (Å²) in [5.74, 6) is -0.418. The van der Waals surface area contributed by atoms with Crippen molar-refractivity contribution < 1.29 is 0 Å². The Morgan fingerprint density at radius 1 is 1.18 bits per heavy atom. The lowest BCUT2D eigenvalue weighted by Crippen LogP contribution is -1.95. The quantitative estimate of drug-likeness (QED) is 0.645. The zero-order valence-electron chi connectivity index (χ0n) is 12.4. The van der Waals surface area contributed by atoms with E-state index in [1.54, 1.807) is 17.6 Å². The SMILES string of the molecule is Cc1ccc(N=CC(C#N)c2nc3ccccc3s2)cc1C. The van der Waals surface area contributed by atoms with E-state index in [0.29, 0.717) is 0 Å². The normalized spacial score (nSPS) is 12.6. The van der Waals surface area contributed by atoms with Crippen LogP contribution in [0.4, 0.5) is 5.69 Å². The maximum absolute atomic E-state index is 9.41. The number of hydrogen-bond donors (Lipinski definition) is 0. The molecule has 1 unspecified atom stereocenters. The fourth-order valence-electron chi connectivity index (χ4n) is 2.14. The van der Waals surface area contributed by atoms with E-state index in [9.17, 15) is 5.26 Å². The van der Waals surface area contributed by atoms with Crippen molar-refractivity contribution in [3.8, 4) is 6.07 Å². The number of benzene rings is 2. The van der Waals surface area contributed by atoms with E-state index in [-0.39, 0.29) is 0 Å². The van der Waals surface area contributed by atoms with Crippen LogP contribution in [0.15, 0.2) is 47.5 Å². The first-order valence-corrected chi connectivity index (χ1v) is 7.85. The molecule has 0 radical (unpaired) electrons. The summed E-state index contributed by atoms with van der Waals surface area (Å²) in [7, 11) is 0. The minimum Gasteiger partial charge on any atom is -0.259 e. The molecule has 0 aliphatic carbocycles. The van der Waals surface area contributed by atoms with Crippen molar-refractivity contribution in [2.75, 3.05) is 0 Å². The highest BCUT2D eigenvalue weighted by Crippen LogP contribution is 2.27. The van der Waals surface area contributed by atoms with Gasteiger partial charge in [0.15, 0.2) is 0 Å². The molecule has 0 bridgehead atoms. The molecule has 0 spiro atoms. The molecule has 0 fully saturated rings. The van der Waals surface area contributed by atoms with Gasteiger partial charge < -0.3 is 0 Å². The smallest absolute Gasteiger partial charge is 0.133 e. The molecule has 0 amide bonds. The zero-order valence-corrected chi connectivity index (χ0v) is 13.3. The van der Waals surface area contributed by atoms with E-state index in [1.807, 2.05) is 42.5 Å². The molecule has 0 N–H and O–H groups in total. The molecule has 3 aromatic rings. The standard InChI is InChI=1S/C18H15N3S/c1-12-7-8-15(9-13(12)2)20-11-14(10-19)18-21-16-5-3-4-6-17(16)22-18/h3-9,11,14H,1-2H3. The van der Waals surface area contributed by atoms with Crippen LogP contribution in [-0.4, -0.2) is 11.2 Å². The van der Waals surface area contributed by atoms with Crippen molar-refractivity contribution in [3.05, 3.63) is 58.6 Å². The van der Waals surface area contributed by atoms with Crippen LogP contribution < -0.4 is 0 Å². The average Bonchev–Trinajstić information content (AvgIpc) is 2.95. The lowest BCUT2D eigenvalue weighted by atomic mass is 10.1. The number of rotatable bonds is 3. The van der Waals surface area contributed by atoms with Gasteiger partial charge in [-0.15, -0.1) is 11.3 Å². The molecule has 22 heavy (non-hydrogen) atoms. The van der Waals surface area contributed by atoms with Crippen molar-refractivity contribution in [2.45, 2.75) is 19.8 Å². The van der Waals surface area contributed by atoms with Crippen molar-refractivity contribution in [1.29, 1.82) is 5.26 Å². The number of aromatic nitrogens is 1. The maximum atomic E-state index is 9.41. The van der Waals surface area contributed by atoms with E-state index in [0.717, 1.165) is 20.9 Å². The largest absolute Gasteiger partial charge is 0.259 e. The van der Waals surface area contributed by atoms with Gasteiger partial charge in [0.25, 0.3) is 0 Å². The summed E-state index contributed by atoms with van der Waals surface area (Å²) in [5.41, 5.74) is 4.23. The minimum atomic E-state index is -0.418. The summed E-state index contributed by atoms with van der Waals surface area (Å²) in [6, 6.07) is 16.2. The summed E-state index contributed by atoms with van der Waals surface area (Å²) in [4.78, 5) is 8.98. The van der Waals surface area contributed by atoms with Crippen LogP contribution >= 0.6 is 11.3 Å². The Labute approximate surface area is 133 Å². The van der Waals surface area contributed by atoms with Gasteiger partial charge in [-0.2, -0.15) is 5.26 Å². The Bertz CT molecular complexity index is 854. The van der Waals surface area contributed by atoms with E-state index in [4.69, 9.17) is 0 Å². The maximum Gasteiger partial charge on any atom is 0.133 e. The molecular weight excluding hydrogens is 290 g/mol. The van der Waals surface area contributed by atoms with Crippen LogP contribution in [0.2, 0.25) is 0 Å². The third-order valence-electron chi connectivity index (χ3n) is 3.58. The predicted molar refractivity (Wildman–Crippen MR) is 92.0 cm³/mol. The predicted octanol–water partition coefficient (Wildman–Crippen LogP) is 4.92.